The molecule has 2 aromatic rings. The Labute approximate surface area is 142 Å². The van der Waals surface area contributed by atoms with Crippen molar-refractivity contribution in [1.29, 1.82) is 0 Å². The minimum Gasteiger partial charge on any atom is -0.381 e. The van der Waals surface area contributed by atoms with E-state index in [1.54, 1.807) is 0 Å². The maximum absolute atomic E-state index is 5.57. The highest BCUT2D eigenvalue weighted by Gasteiger charge is 2.41. The molecule has 6 nitrogen and oxygen atoms in total. The topological polar surface area (TPSA) is 54.6 Å². The number of rotatable bonds is 3. The zero-order valence-corrected chi connectivity index (χ0v) is 14.1. The number of likely N-dealkylation sites (N-methyl/N-ethyl adjacent to an activating group) is 1. The smallest absolute Gasteiger partial charge is 0.257 e. The molecule has 0 N–H and O–H groups in total. The van der Waals surface area contributed by atoms with Crippen LogP contribution in [0.5, 0.6) is 0 Å². The van der Waals surface area contributed by atoms with Crippen LogP contribution in [0.15, 0.2) is 34.9 Å². The number of hydrogen-bond donors (Lipinski definition) is 0. The maximum atomic E-state index is 5.57. The molecular weight excluding hydrogens is 304 g/mol. The molecule has 1 spiro atoms. The molecule has 0 amide bonds. The van der Waals surface area contributed by atoms with Gasteiger partial charge in [0.25, 0.3) is 5.89 Å². The Balaban J connectivity index is 1.45. The van der Waals surface area contributed by atoms with Crippen molar-refractivity contribution >= 4 is 0 Å². The fraction of sp³-hybridized carbons (Fsp3) is 0.556. The van der Waals surface area contributed by atoms with Crippen molar-refractivity contribution in [3.05, 3.63) is 36.2 Å². The lowest BCUT2D eigenvalue weighted by atomic mass is 9.86. The second-order valence-corrected chi connectivity index (χ2v) is 6.85. The summed E-state index contributed by atoms with van der Waals surface area (Å²) in [7, 11) is 2.24. The second-order valence-electron chi connectivity index (χ2n) is 6.85. The molecule has 0 atom stereocenters. The molecule has 1 aromatic carbocycles. The van der Waals surface area contributed by atoms with Crippen LogP contribution in [-0.4, -0.2) is 65.4 Å². The summed E-state index contributed by atoms with van der Waals surface area (Å²) in [4.78, 5) is 9.53. The van der Waals surface area contributed by atoms with Crippen LogP contribution in [-0.2, 0) is 11.3 Å². The third-order valence-corrected chi connectivity index (χ3v) is 5.36. The van der Waals surface area contributed by atoms with Crippen LogP contribution in [0.1, 0.15) is 18.7 Å². The monoisotopic (exact) mass is 328 g/mol. The molecular formula is C18H24N4O2. The molecule has 0 bridgehead atoms. The fourth-order valence-electron chi connectivity index (χ4n) is 3.79. The van der Waals surface area contributed by atoms with Crippen LogP contribution in [0, 0.1) is 0 Å². The van der Waals surface area contributed by atoms with Gasteiger partial charge < -0.3 is 9.26 Å². The SMILES string of the molecule is CN1CCN(Cc2noc(-c3ccccc3)n2)CC12CCOCC2. The molecule has 0 unspecified atom stereocenters. The molecule has 6 heteroatoms. The second kappa shape index (κ2) is 6.63. The van der Waals surface area contributed by atoms with Crippen molar-refractivity contribution in [3.63, 3.8) is 0 Å². The van der Waals surface area contributed by atoms with E-state index in [4.69, 9.17) is 9.26 Å². The van der Waals surface area contributed by atoms with Crippen molar-refractivity contribution in [2.24, 2.45) is 0 Å². The Morgan fingerprint density at radius 1 is 1.12 bits per heavy atom. The Kier molecular flexibility index (Phi) is 4.35. The first-order valence-corrected chi connectivity index (χ1v) is 8.65. The number of hydrogen-bond acceptors (Lipinski definition) is 6. The van der Waals surface area contributed by atoms with E-state index >= 15 is 0 Å². The number of benzene rings is 1. The number of ether oxygens (including phenoxy) is 1. The molecule has 3 heterocycles. The molecule has 0 aliphatic carbocycles. The third-order valence-electron chi connectivity index (χ3n) is 5.36. The van der Waals surface area contributed by atoms with Gasteiger partial charge in [0.05, 0.1) is 6.54 Å². The van der Waals surface area contributed by atoms with Crippen LogP contribution >= 0.6 is 0 Å². The van der Waals surface area contributed by atoms with Gasteiger partial charge in [-0.05, 0) is 32.0 Å². The van der Waals surface area contributed by atoms with Gasteiger partial charge in [-0.25, -0.2) is 0 Å². The fourth-order valence-corrected chi connectivity index (χ4v) is 3.79. The van der Waals surface area contributed by atoms with E-state index < -0.39 is 0 Å². The van der Waals surface area contributed by atoms with E-state index in [0.29, 0.717) is 5.89 Å². The molecule has 2 aliphatic heterocycles. The van der Waals surface area contributed by atoms with E-state index in [-0.39, 0.29) is 5.54 Å². The molecule has 24 heavy (non-hydrogen) atoms. The summed E-state index contributed by atoms with van der Waals surface area (Å²) in [5, 5.41) is 4.17. The van der Waals surface area contributed by atoms with Gasteiger partial charge in [-0.2, -0.15) is 4.98 Å². The predicted octanol–water partition coefficient (Wildman–Crippen LogP) is 2.03. The van der Waals surface area contributed by atoms with Crippen molar-refractivity contribution in [2.75, 3.05) is 39.9 Å². The average Bonchev–Trinajstić information content (AvgIpc) is 3.08. The van der Waals surface area contributed by atoms with Gasteiger partial charge in [-0.3, -0.25) is 9.80 Å². The predicted molar refractivity (Wildman–Crippen MR) is 90.4 cm³/mol. The normalized spacial score (nSPS) is 22.0. The highest BCUT2D eigenvalue weighted by Crippen LogP contribution is 2.31. The van der Waals surface area contributed by atoms with Crippen LogP contribution in [0.25, 0.3) is 11.5 Å². The lowest BCUT2D eigenvalue weighted by Gasteiger charge is -2.51. The third kappa shape index (κ3) is 3.09. The molecule has 1 aromatic heterocycles. The number of aromatic nitrogens is 2. The van der Waals surface area contributed by atoms with Gasteiger partial charge in [-0.1, -0.05) is 23.4 Å². The van der Waals surface area contributed by atoms with E-state index in [1.165, 1.54) is 0 Å². The van der Waals surface area contributed by atoms with Crippen molar-refractivity contribution in [3.8, 4) is 11.5 Å². The van der Waals surface area contributed by atoms with Crippen molar-refractivity contribution in [1.82, 2.24) is 19.9 Å². The van der Waals surface area contributed by atoms with Crippen LogP contribution in [0.2, 0.25) is 0 Å². The summed E-state index contributed by atoms with van der Waals surface area (Å²) >= 11 is 0. The first kappa shape index (κ1) is 15.7. The summed E-state index contributed by atoms with van der Waals surface area (Å²) < 4.78 is 11.0. The molecule has 2 aliphatic rings. The molecule has 2 saturated heterocycles. The van der Waals surface area contributed by atoms with Gasteiger partial charge in [0.15, 0.2) is 5.82 Å². The van der Waals surface area contributed by atoms with Crippen LogP contribution in [0.4, 0.5) is 0 Å². The Hall–Kier alpha value is -1.76. The first-order valence-electron chi connectivity index (χ1n) is 8.65. The highest BCUT2D eigenvalue weighted by molar-refractivity contribution is 5.51. The zero-order chi connectivity index (χ0) is 16.4. The first-order chi connectivity index (χ1) is 11.8. The van der Waals surface area contributed by atoms with Gasteiger partial charge in [0, 0.05) is 44.0 Å². The van der Waals surface area contributed by atoms with Gasteiger partial charge in [0.1, 0.15) is 0 Å². The van der Waals surface area contributed by atoms with Crippen molar-refractivity contribution < 1.29 is 9.26 Å². The molecule has 128 valence electrons. The molecule has 0 radical (unpaired) electrons. The average molecular weight is 328 g/mol. The quantitative estimate of drug-likeness (QED) is 0.859. The zero-order valence-electron chi connectivity index (χ0n) is 14.1. The summed E-state index contributed by atoms with van der Waals surface area (Å²) in [5.41, 5.74) is 1.21. The van der Waals surface area contributed by atoms with Crippen LogP contribution in [0.3, 0.4) is 0 Å². The van der Waals surface area contributed by atoms with Crippen LogP contribution < -0.4 is 0 Å². The Bertz CT molecular complexity index is 667. The van der Waals surface area contributed by atoms with E-state index in [9.17, 15) is 0 Å². The highest BCUT2D eigenvalue weighted by atomic mass is 16.5. The minimum absolute atomic E-state index is 0.239. The number of piperazine rings is 1. The molecule has 2 fully saturated rings. The van der Waals surface area contributed by atoms with Gasteiger partial charge >= 0.3 is 0 Å². The standard InChI is InChI=1S/C18H24N4O2/c1-21-9-10-22(14-18(21)7-11-23-12-8-18)13-16-19-17(24-20-16)15-5-3-2-4-6-15/h2-6H,7-14H2,1H3. The number of nitrogens with zero attached hydrogens (tertiary/aromatic N) is 4. The lowest BCUT2D eigenvalue weighted by Crippen LogP contribution is -2.62. The maximum Gasteiger partial charge on any atom is 0.257 e. The largest absolute Gasteiger partial charge is 0.381 e. The van der Waals surface area contributed by atoms with E-state index in [1.807, 2.05) is 30.3 Å². The Morgan fingerprint density at radius 2 is 1.92 bits per heavy atom. The lowest BCUT2D eigenvalue weighted by molar-refractivity contribution is -0.0630. The van der Waals surface area contributed by atoms with E-state index in [2.05, 4.69) is 27.0 Å². The summed E-state index contributed by atoms with van der Waals surface area (Å²) in [6, 6.07) is 9.93. The van der Waals surface area contributed by atoms with Crippen molar-refractivity contribution in [2.45, 2.75) is 24.9 Å². The molecule has 0 saturated carbocycles. The summed E-state index contributed by atoms with van der Waals surface area (Å²) in [6.45, 7) is 5.61. The summed E-state index contributed by atoms with van der Waals surface area (Å²) in [5.74, 6) is 1.36. The van der Waals surface area contributed by atoms with Gasteiger partial charge in [-0.15, -0.1) is 0 Å². The summed E-state index contributed by atoms with van der Waals surface area (Å²) in [6.07, 6.45) is 2.20. The minimum atomic E-state index is 0.239. The van der Waals surface area contributed by atoms with E-state index in [0.717, 1.165) is 63.6 Å². The molecule has 4 rings (SSSR count). The van der Waals surface area contributed by atoms with Gasteiger partial charge in [0.2, 0.25) is 0 Å². The Morgan fingerprint density at radius 3 is 2.71 bits per heavy atom.